The Bertz CT molecular complexity index is 968. The first-order chi connectivity index (χ1) is 14.1. The molecule has 8 heteroatoms. The number of benzene rings is 1. The molecule has 0 amide bonds. The molecule has 0 spiro atoms. The fourth-order valence-electron chi connectivity index (χ4n) is 3.68. The number of hydrogen-bond acceptors (Lipinski definition) is 6. The number of halogens is 2. The minimum atomic E-state index is 0.319. The van der Waals surface area contributed by atoms with Crippen LogP contribution in [0, 0.1) is 6.92 Å². The van der Waals surface area contributed by atoms with E-state index in [0.717, 1.165) is 73.8 Å². The van der Waals surface area contributed by atoms with Crippen LogP contribution in [0.2, 0.25) is 10.3 Å². The summed E-state index contributed by atoms with van der Waals surface area (Å²) in [6.07, 6.45) is 2.90. The SMILES string of the molecule is Cc1cc(N2CCN(CCCNc3ccnc4cc(Cl)ccc34)CC2)nc(Cl)n1. The fraction of sp³-hybridized carbons (Fsp3) is 0.381. The first-order valence-corrected chi connectivity index (χ1v) is 10.6. The lowest BCUT2D eigenvalue weighted by Gasteiger charge is -2.35. The van der Waals surface area contributed by atoms with Crippen molar-refractivity contribution >= 4 is 45.6 Å². The molecule has 0 saturated carbocycles. The van der Waals surface area contributed by atoms with Crippen LogP contribution in [0.15, 0.2) is 36.5 Å². The van der Waals surface area contributed by atoms with Gasteiger partial charge in [-0.1, -0.05) is 11.6 Å². The predicted octanol–water partition coefficient (Wildman–Crippen LogP) is 4.26. The summed E-state index contributed by atoms with van der Waals surface area (Å²) in [5.74, 6) is 0.925. The summed E-state index contributed by atoms with van der Waals surface area (Å²) in [6.45, 7) is 7.89. The van der Waals surface area contributed by atoms with E-state index in [1.165, 1.54) is 0 Å². The summed E-state index contributed by atoms with van der Waals surface area (Å²) in [7, 11) is 0. The van der Waals surface area contributed by atoms with E-state index in [1.807, 2.05) is 43.5 Å². The largest absolute Gasteiger partial charge is 0.384 e. The first-order valence-electron chi connectivity index (χ1n) is 9.85. The number of aryl methyl sites for hydroxylation is 1. The highest BCUT2D eigenvalue weighted by Crippen LogP contribution is 2.24. The minimum Gasteiger partial charge on any atom is -0.384 e. The van der Waals surface area contributed by atoms with Gasteiger partial charge in [0.25, 0.3) is 0 Å². The summed E-state index contributed by atoms with van der Waals surface area (Å²) < 4.78 is 0. The number of piperazine rings is 1. The third-order valence-electron chi connectivity index (χ3n) is 5.18. The van der Waals surface area contributed by atoms with Crippen LogP contribution >= 0.6 is 23.2 Å². The van der Waals surface area contributed by atoms with E-state index in [0.29, 0.717) is 10.3 Å². The highest BCUT2D eigenvalue weighted by molar-refractivity contribution is 6.31. The van der Waals surface area contributed by atoms with Crippen molar-refractivity contribution in [2.24, 2.45) is 0 Å². The Morgan fingerprint density at radius 2 is 1.86 bits per heavy atom. The van der Waals surface area contributed by atoms with E-state index in [1.54, 1.807) is 0 Å². The third kappa shape index (κ3) is 5.07. The second-order valence-electron chi connectivity index (χ2n) is 7.27. The Morgan fingerprint density at radius 3 is 2.66 bits per heavy atom. The molecule has 6 nitrogen and oxygen atoms in total. The molecule has 1 aromatic carbocycles. The Labute approximate surface area is 180 Å². The van der Waals surface area contributed by atoms with E-state index < -0.39 is 0 Å². The summed E-state index contributed by atoms with van der Waals surface area (Å²) in [4.78, 5) is 17.7. The molecule has 4 rings (SSSR count). The molecule has 0 unspecified atom stereocenters. The fourth-order valence-corrected chi connectivity index (χ4v) is 4.07. The molecule has 0 bridgehead atoms. The molecular weight excluding hydrogens is 407 g/mol. The van der Waals surface area contributed by atoms with Gasteiger partial charge < -0.3 is 10.2 Å². The van der Waals surface area contributed by atoms with E-state index >= 15 is 0 Å². The van der Waals surface area contributed by atoms with Crippen molar-refractivity contribution in [3.8, 4) is 0 Å². The standard InChI is InChI=1S/C21H24Cl2N6/c1-15-13-20(27-21(23)26-15)29-11-9-28(10-12-29)8-2-6-24-18-5-7-25-19-14-16(22)3-4-17(18)19/h3-5,7,13-14H,2,6,8-12H2,1H3,(H,24,25). The van der Waals surface area contributed by atoms with Crippen LogP contribution in [0.4, 0.5) is 11.5 Å². The maximum absolute atomic E-state index is 6.07. The molecule has 0 atom stereocenters. The molecule has 3 heterocycles. The Balaban J connectivity index is 1.24. The molecule has 3 aromatic rings. The van der Waals surface area contributed by atoms with Crippen LogP contribution in [0.25, 0.3) is 10.9 Å². The number of fused-ring (bicyclic) bond motifs is 1. The van der Waals surface area contributed by atoms with Crippen molar-refractivity contribution in [2.45, 2.75) is 13.3 Å². The van der Waals surface area contributed by atoms with Crippen LogP contribution in [-0.4, -0.2) is 59.1 Å². The molecule has 29 heavy (non-hydrogen) atoms. The van der Waals surface area contributed by atoms with Crippen molar-refractivity contribution in [1.82, 2.24) is 19.9 Å². The summed E-state index contributed by atoms with van der Waals surface area (Å²) >= 11 is 12.1. The number of aromatic nitrogens is 3. The van der Waals surface area contributed by atoms with Gasteiger partial charge in [0.15, 0.2) is 0 Å². The van der Waals surface area contributed by atoms with Gasteiger partial charge in [-0.15, -0.1) is 0 Å². The maximum atomic E-state index is 6.07. The molecule has 1 N–H and O–H groups in total. The molecule has 152 valence electrons. The van der Waals surface area contributed by atoms with Crippen molar-refractivity contribution < 1.29 is 0 Å². The van der Waals surface area contributed by atoms with Gasteiger partial charge in [0.1, 0.15) is 5.82 Å². The van der Waals surface area contributed by atoms with E-state index in [4.69, 9.17) is 23.2 Å². The van der Waals surface area contributed by atoms with Gasteiger partial charge in [-0.3, -0.25) is 9.88 Å². The monoisotopic (exact) mass is 430 g/mol. The smallest absolute Gasteiger partial charge is 0.224 e. The number of nitrogens with zero attached hydrogens (tertiary/aromatic N) is 5. The van der Waals surface area contributed by atoms with Gasteiger partial charge in [-0.2, -0.15) is 0 Å². The average Bonchev–Trinajstić information content (AvgIpc) is 2.70. The van der Waals surface area contributed by atoms with Crippen LogP contribution < -0.4 is 10.2 Å². The van der Waals surface area contributed by atoms with Crippen LogP contribution in [0.5, 0.6) is 0 Å². The Kier molecular flexibility index (Phi) is 6.33. The predicted molar refractivity (Wildman–Crippen MR) is 120 cm³/mol. The lowest BCUT2D eigenvalue weighted by atomic mass is 10.2. The van der Waals surface area contributed by atoms with Crippen LogP contribution in [0.1, 0.15) is 12.1 Å². The highest BCUT2D eigenvalue weighted by Gasteiger charge is 2.18. The molecule has 1 fully saturated rings. The Hall–Kier alpha value is -2.15. The highest BCUT2D eigenvalue weighted by atomic mass is 35.5. The van der Waals surface area contributed by atoms with E-state index in [-0.39, 0.29) is 0 Å². The lowest BCUT2D eigenvalue weighted by molar-refractivity contribution is 0.256. The number of pyridine rings is 1. The van der Waals surface area contributed by atoms with Crippen LogP contribution in [-0.2, 0) is 0 Å². The van der Waals surface area contributed by atoms with Crippen molar-refractivity contribution in [3.05, 3.63) is 52.5 Å². The van der Waals surface area contributed by atoms with Gasteiger partial charge in [0.05, 0.1) is 5.52 Å². The molecule has 0 aliphatic carbocycles. The van der Waals surface area contributed by atoms with Crippen molar-refractivity contribution in [2.75, 3.05) is 49.5 Å². The number of nitrogens with one attached hydrogen (secondary N) is 1. The van der Waals surface area contributed by atoms with Crippen molar-refractivity contribution in [1.29, 1.82) is 0 Å². The topological polar surface area (TPSA) is 57.2 Å². The number of hydrogen-bond donors (Lipinski definition) is 1. The number of anilines is 2. The molecule has 1 aliphatic rings. The summed E-state index contributed by atoms with van der Waals surface area (Å²) in [6, 6.07) is 9.84. The molecule has 1 saturated heterocycles. The van der Waals surface area contributed by atoms with E-state index in [2.05, 4.69) is 30.1 Å². The summed E-state index contributed by atoms with van der Waals surface area (Å²) in [5, 5.41) is 5.67. The van der Waals surface area contributed by atoms with Gasteiger partial charge in [0.2, 0.25) is 5.28 Å². The second kappa shape index (κ2) is 9.11. The summed E-state index contributed by atoms with van der Waals surface area (Å²) in [5.41, 5.74) is 2.92. The van der Waals surface area contributed by atoms with Crippen LogP contribution in [0.3, 0.4) is 0 Å². The second-order valence-corrected chi connectivity index (χ2v) is 8.04. The molecule has 1 aliphatic heterocycles. The molecular formula is C21H24Cl2N6. The van der Waals surface area contributed by atoms with E-state index in [9.17, 15) is 0 Å². The van der Waals surface area contributed by atoms with Gasteiger partial charge in [0, 0.05) is 66.8 Å². The normalized spacial score (nSPS) is 15.1. The third-order valence-corrected chi connectivity index (χ3v) is 5.59. The van der Waals surface area contributed by atoms with Gasteiger partial charge in [-0.25, -0.2) is 9.97 Å². The molecule has 0 radical (unpaired) electrons. The zero-order valence-corrected chi connectivity index (χ0v) is 17.9. The first kappa shape index (κ1) is 20.1. The van der Waals surface area contributed by atoms with Gasteiger partial charge in [-0.05, 0) is 55.8 Å². The van der Waals surface area contributed by atoms with Crippen molar-refractivity contribution in [3.63, 3.8) is 0 Å². The average molecular weight is 431 g/mol. The minimum absolute atomic E-state index is 0.319. The quantitative estimate of drug-likeness (QED) is 0.465. The zero-order valence-electron chi connectivity index (χ0n) is 16.4. The number of rotatable bonds is 6. The Morgan fingerprint density at radius 1 is 1.03 bits per heavy atom. The lowest BCUT2D eigenvalue weighted by Crippen LogP contribution is -2.47. The van der Waals surface area contributed by atoms with Gasteiger partial charge >= 0.3 is 0 Å². The zero-order chi connectivity index (χ0) is 20.2. The molecule has 2 aromatic heterocycles. The maximum Gasteiger partial charge on any atom is 0.224 e.